The topological polar surface area (TPSA) is 61.4 Å². The fourth-order valence-corrected chi connectivity index (χ4v) is 2.85. The molecule has 2 rings (SSSR count). The van der Waals surface area contributed by atoms with Crippen LogP contribution in [0.15, 0.2) is 30.3 Å². The number of anilines is 1. The summed E-state index contributed by atoms with van der Waals surface area (Å²) in [4.78, 5) is 26.1. The molecule has 1 aliphatic rings. The molecule has 1 atom stereocenters. The van der Waals surface area contributed by atoms with Gasteiger partial charge in [-0.1, -0.05) is 37.5 Å². The first kappa shape index (κ1) is 17.5. The molecule has 1 aliphatic carbocycles. The van der Waals surface area contributed by atoms with Gasteiger partial charge in [-0.2, -0.15) is 0 Å². The monoisotopic (exact) mass is 317 g/mol. The van der Waals surface area contributed by atoms with Crippen LogP contribution >= 0.6 is 0 Å². The van der Waals surface area contributed by atoms with E-state index in [-0.39, 0.29) is 24.4 Å². The van der Waals surface area contributed by atoms with Crippen LogP contribution in [-0.4, -0.2) is 42.4 Å². The second kappa shape index (κ2) is 8.67. The van der Waals surface area contributed by atoms with E-state index in [4.69, 9.17) is 0 Å². The highest BCUT2D eigenvalue weighted by atomic mass is 16.2. The van der Waals surface area contributed by atoms with Crippen LogP contribution in [-0.2, 0) is 9.59 Å². The molecule has 1 saturated carbocycles. The van der Waals surface area contributed by atoms with Crippen molar-refractivity contribution >= 4 is 17.5 Å². The number of nitrogens with one attached hydrogen (secondary N) is 2. The van der Waals surface area contributed by atoms with E-state index in [0.717, 1.165) is 18.5 Å². The van der Waals surface area contributed by atoms with Crippen LogP contribution < -0.4 is 10.6 Å². The van der Waals surface area contributed by atoms with E-state index in [1.807, 2.05) is 37.3 Å². The van der Waals surface area contributed by atoms with Crippen molar-refractivity contribution in [3.8, 4) is 0 Å². The van der Waals surface area contributed by atoms with Gasteiger partial charge in [-0.3, -0.25) is 14.5 Å². The maximum absolute atomic E-state index is 12.3. The predicted octanol–water partition coefficient (Wildman–Crippen LogP) is 2.39. The SMILES string of the molecule is CC(C(=O)NC1CCCCC1)N(C)CC(=O)Nc1ccccc1. The third kappa shape index (κ3) is 5.67. The smallest absolute Gasteiger partial charge is 0.238 e. The lowest BCUT2D eigenvalue weighted by Gasteiger charge is -2.28. The second-order valence-corrected chi connectivity index (χ2v) is 6.35. The summed E-state index contributed by atoms with van der Waals surface area (Å²) in [6.45, 7) is 2.03. The number of nitrogens with zero attached hydrogens (tertiary/aromatic N) is 1. The van der Waals surface area contributed by atoms with Crippen LogP contribution in [0.4, 0.5) is 5.69 Å². The van der Waals surface area contributed by atoms with E-state index >= 15 is 0 Å². The van der Waals surface area contributed by atoms with Gasteiger partial charge in [0.15, 0.2) is 0 Å². The Hall–Kier alpha value is -1.88. The van der Waals surface area contributed by atoms with Crippen molar-refractivity contribution < 1.29 is 9.59 Å². The van der Waals surface area contributed by atoms with Crippen LogP contribution in [0, 0.1) is 0 Å². The number of para-hydroxylation sites is 1. The van der Waals surface area contributed by atoms with Gasteiger partial charge in [0.25, 0.3) is 0 Å². The average Bonchev–Trinajstić information content (AvgIpc) is 2.55. The van der Waals surface area contributed by atoms with Crippen molar-refractivity contribution in [2.24, 2.45) is 0 Å². The van der Waals surface area contributed by atoms with Gasteiger partial charge in [-0.15, -0.1) is 0 Å². The predicted molar refractivity (Wildman–Crippen MR) is 92.2 cm³/mol. The number of carbonyl (C=O) groups excluding carboxylic acids is 2. The number of carbonyl (C=O) groups is 2. The Kier molecular flexibility index (Phi) is 6.59. The fraction of sp³-hybridized carbons (Fsp3) is 0.556. The Morgan fingerprint density at radius 3 is 2.48 bits per heavy atom. The van der Waals surface area contributed by atoms with Gasteiger partial charge in [0.1, 0.15) is 0 Å². The number of likely N-dealkylation sites (N-methyl/N-ethyl adjacent to an activating group) is 1. The first-order valence-electron chi connectivity index (χ1n) is 8.42. The summed E-state index contributed by atoms with van der Waals surface area (Å²) in [5.41, 5.74) is 0.769. The molecule has 5 heteroatoms. The zero-order valence-electron chi connectivity index (χ0n) is 14.0. The first-order chi connectivity index (χ1) is 11.1. The van der Waals surface area contributed by atoms with Crippen LogP contribution in [0.5, 0.6) is 0 Å². The van der Waals surface area contributed by atoms with E-state index in [0.29, 0.717) is 6.04 Å². The van der Waals surface area contributed by atoms with Gasteiger partial charge in [-0.05, 0) is 38.9 Å². The maximum atomic E-state index is 12.3. The molecule has 0 spiro atoms. The minimum atomic E-state index is -0.321. The van der Waals surface area contributed by atoms with Crippen LogP contribution in [0.25, 0.3) is 0 Å². The van der Waals surface area contributed by atoms with Crippen molar-refractivity contribution in [3.05, 3.63) is 30.3 Å². The van der Waals surface area contributed by atoms with E-state index in [1.165, 1.54) is 19.3 Å². The minimum Gasteiger partial charge on any atom is -0.352 e. The summed E-state index contributed by atoms with van der Waals surface area (Å²) >= 11 is 0. The fourth-order valence-electron chi connectivity index (χ4n) is 2.85. The molecular weight excluding hydrogens is 290 g/mol. The summed E-state index contributed by atoms with van der Waals surface area (Å²) < 4.78 is 0. The number of hydrogen-bond acceptors (Lipinski definition) is 3. The van der Waals surface area contributed by atoms with Gasteiger partial charge >= 0.3 is 0 Å². The van der Waals surface area contributed by atoms with Crippen molar-refractivity contribution in [1.29, 1.82) is 0 Å². The van der Waals surface area contributed by atoms with E-state index in [9.17, 15) is 9.59 Å². The van der Waals surface area contributed by atoms with Crippen LogP contribution in [0.3, 0.4) is 0 Å². The zero-order chi connectivity index (χ0) is 16.7. The van der Waals surface area contributed by atoms with Crippen molar-refractivity contribution in [3.63, 3.8) is 0 Å². The molecule has 0 radical (unpaired) electrons. The number of amides is 2. The summed E-state index contributed by atoms with van der Waals surface area (Å²) in [6.07, 6.45) is 5.78. The third-order valence-electron chi connectivity index (χ3n) is 4.44. The average molecular weight is 317 g/mol. The molecule has 1 unspecified atom stereocenters. The Balaban J connectivity index is 1.77. The Morgan fingerprint density at radius 1 is 1.17 bits per heavy atom. The highest BCUT2D eigenvalue weighted by molar-refractivity contribution is 5.92. The first-order valence-corrected chi connectivity index (χ1v) is 8.42. The molecule has 0 saturated heterocycles. The zero-order valence-corrected chi connectivity index (χ0v) is 14.0. The number of benzene rings is 1. The molecule has 23 heavy (non-hydrogen) atoms. The molecule has 0 aromatic heterocycles. The highest BCUT2D eigenvalue weighted by Crippen LogP contribution is 2.17. The Labute approximate surface area is 138 Å². The van der Waals surface area contributed by atoms with Gasteiger partial charge in [0, 0.05) is 11.7 Å². The van der Waals surface area contributed by atoms with Gasteiger partial charge < -0.3 is 10.6 Å². The summed E-state index contributed by atoms with van der Waals surface area (Å²) in [5.74, 6) is -0.108. The maximum Gasteiger partial charge on any atom is 0.238 e. The quantitative estimate of drug-likeness (QED) is 0.847. The molecule has 2 amide bonds. The van der Waals surface area contributed by atoms with Gasteiger partial charge in [0.05, 0.1) is 12.6 Å². The summed E-state index contributed by atoms with van der Waals surface area (Å²) in [5, 5.41) is 5.95. The van der Waals surface area contributed by atoms with Crippen molar-refractivity contribution in [2.75, 3.05) is 18.9 Å². The molecule has 2 N–H and O–H groups in total. The highest BCUT2D eigenvalue weighted by Gasteiger charge is 2.23. The molecule has 1 fully saturated rings. The van der Waals surface area contributed by atoms with Crippen LogP contribution in [0.1, 0.15) is 39.0 Å². The van der Waals surface area contributed by atoms with E-state index in [1.54, 1.807) is 11.9 Å². The number of rotatable bonds is 6. The molecule has 0 aliphatic heterocycles. The molecule has 1 aromatic carbocycles. The van der Waals surface area contributed by atoms with Gasteiger partial charge in [0.2, 0.25) is 11.8 Å². The summed E-state index contributed by atoms with van der Waals surface area (Å²) in [6, 6.07) is 9.32. The van der Waals surface area contributed by atoms with Gasteiger partial charge in [-0.25, -0.2) is 0 Å². The lowest BCUT2D eigenvalue weighted by atomic mass is 9.95. The normalized spacial score (nSPS) is 16.8. The lowest BCUT2D eigenvalue weighted by Crippen LogP contribution is -2.49. The van der Waals surface area contributed by atoms with Crippen molar-refractivity contribution in [1.82, 2.24) is 10.2 Å². The molecule has 5 nitrogen and oxygen atoms in total. The number of hydrogen-bond donors (Lipinski definition) is 2. The largest absolute Gasteiger partial charge is 0.352 e. The standard InChI is InChI=1S/C18H27N3O2/c1-14(18(23)20-16-11-7-4-8-12-16)21(2)13-17(22)19-15-9-5-3-6-10-15/h3,5-6,9-10,14,16H,4,7-8,11-13H2,1-2H3,(H,19,22)(H,20,23). The van der Waals surface area contributed by atoms with E-state index in [2.05, 4.69) is 10.6 Å². The molecule has 126 valence electrons. The summed E-state index contributed by atoms with van der Waals surface area (Å²) in [7, 11) is 1.80. The van der Waals surface area contributed by atoms with E-state index < -0.39 is 0 Å². The van der Waals surface area contributed by atoms with Crippen molar-refractivity contribution in [2.45, 2.75) is 51.1 Å². The molecule has 1 aromatic rings. The Bertz CT molecular complexity index is 512. The third-order valence-corrected chi connectivity index (χ3v) is 4.44. The molecular formula is C18H27N3O2. The lowest BCUT2D eigenvalue weighted by molar-refractivity contribution is -0.127. The van der Waals surface area contributed by atoms with Crippen LogP contribution in [0.2, 0.25) is 0 Å². The Morgan fingerprint density at radius 2 is 1.83 bits per heavy atom. The molecule has 0 bridgehead atoms. The minimum absolute atomic E-state index is 0.00640. The second-order valence-electron chi connectivity index (χ2n) is 6.35. The molecule has 0 heterocycles.